The van der Waals surface area contributed by atoms with E-state index in [2.05, 4.69) is 43.0 Å². The highest BCUT2D eigenvalue weighted by Gasteiger charge is 2.21. The third-order valence-electron chi connectivity index (χ3n) is 14.4. The summed E-state index contributed by atoms with van der Waals surface area (Å²) in [5.74, 6) is 0.960. The van der Waals surface area contributed by atoms with Crippen molar-refractivity contribution in [3.8, 4) is 0 Å². The zero-order chi connectivity index (χ0) is 43.1. The van der Waals surface area contributed by atoms with Crippen LogP contribution in [0.4, 0.5) is 0 Å². The molecule has 1 atom stereocenters. The molecule has 358 valence electrons. The number of hydrogen-bond acceptors (Lipinski definition) is 3. The summed E-state index contributed by atoms with van der Waals surface area (Å²) in [4.78, 5) is 4.93. The molecule has 0 spiro atoms. The number of hydrogen-bond donors (Lipinski definition) is 1. The lowest BCUT2D eigenvalue weighted by molar-refractivity contribution is 0.166. The van der Waals surface area contributed by atoms with Crippen LogP contribution in [0, 0.1) is 5.92 Å². The van der Waals surface area contributed by atoms with E-state index in [4.69, 9.17) is 0 Å². The van der Waals surface area contributed by atoms with E-state index in [1.807, 2.05) is 0 Å². The highest BCUT2D eigenvalue weighted by Crippen LogP contribution is 2.27. The Morgan fingerprint density at radius 1 is 0.333 bits per heavy atom. The fraction of sp³-hybridized carbons (Fsp3) is 0.965. The maximum atomic E-state index is 9.57. The molecule has 1 unspecified atom stereocenters. The van der Waals surface area contributed by atoms with Crippen LogP contribution in [0.25, 0.3) is 0 Å². The Morgan fingerprint density at radius 2 is 0.583 bits per heavy atom. The zero-order valence-electron chi connectivity index (χ0n) is 42.0. The minimum Gasteiger partial charge on any atom is -0.395 e. The summed E-state index contributed by atoms with van der Waals surface area (Å²) in [6.45, 7) is 8.95. The summed E-state index contributed by atoms with van der Waals surface area (Å²) < 4.78 is 0. The maximum absolute atomic E-state index is 9.57. The molecule has 1 N–H and O–H groups in total. The minimum absolute atomic E-state index is 0.252. The number of rotatable bonds is 51. The molecule has 0 radical (unpaired) electrons. The van der Waals surface area contributed by atoms with Crippen molar-refractivity contribution >= 4 is 0 Å². The summed E-state index contributed by atoms with van der Waals surface area (Å²) in [7, 11) is 0. The molecule has 0 saturated carbocycles. The predicted octanol–water partition coefficient (Wildman–Crippen LogP) is 19.4. The number of β-amino-alcohol motifs (C(OH)–C–C–N with tert-alkyl or cyclic N) is 1. The molecular weight excluding hydrogens is 729 g/mol. The monoisotopic (exact) mass is 843 g/mol. The molecule has 60 heavy (non-hydrogen) atoms. The van der Waals surface area contributed by atoms with Crippen LogP contribution in [0.15, 0.2) is 12.4 Å². The molecule has 3 nitrogen and oxygen atoms in total. The lowest BCUT2D eigenvalue weighted by Crippen LogP contribution is -2.35. The van der Waals surface area contributed by atoms with Gasteiger partial charge in [-0.15, -0.1) is 0 Å². The Hall–Kier alpha value is -0.700. The lowest BCUT2D eigenvalue weighted by atomic mass is 9.89. The van der Waals surface area contributed by atoms with Crippen molar-refractivity contribution in [1.29, 1.82) is 0 Å². The summed E-state index contributed by atoms with van der Waals surface area (Å²) in [5.41, 5.74) is 0. The number of aliphatic hydroxyl groups excluding tert-OH is 1. The van der Waals surface area contributed by atoms with Crippen molar-refractivity contribution in [3.05, 3.63) is 12.4 Å². The third-order valence-corrected chi connectivity index (χ3v) is 14.4. The fourth-order valence-electron chi connectivity index (χ4n) is 10.2. The van der Waals surface area contributed by atoms with Crippen molar-refractivity contribution in [1.82, 2.24) is 9.80 Å². The quantitative estimate of drug-likeness (QED) is 0.0618. The van der Waals surface area contributed by atoms with Crippen molar-refractivity contribution in [2.24, 2.45) is 5.92 Å². The van der Waals surface area contributed by atoms with Crippen LogP contribution in [0.2, 0.25) is 0 Å². The first-order valence-electron chi connectivity index (χ1n) is 28.5. The van der Waals surface area contributed by atoms with Gasteiger partial charge in [0, 0.05) is 25.0 Å². The molecule has 0 aromatic heterocycles. The first-order valence-corrected chi connectivity index (χ1v) is 28.5. The summed E-state index contributed by atoms with van der Waals surface area (Å²) in [5, 5.41) is 9.57. The normalized spacial score (nSPS) is 13.5. The Labute approximate surface area is 380 Å². The molecule has 0 aromatic rings. The van der Waals surface area contributed by atoms with E-state index in [0.29, 0.717) is 6.04 Å². The molecule has 0 aromatic carbocycles. The predicted molar refractivity (Wildman–Crippen MR) is 271 cm³/mol. The molecule has 3 heteroatoms. The molecule has 0 fully saturated rings. The van der Waals surface area contributed by atoms with Crippen LogP contribution in [0.3, 0.4) is 0 Å². The van der Waals surface area contributed by atoms with Crippen LogP contribution in [0.1, 0.15) is 323 Å². The van der Waals surface area contributed by atoms with Gasteiger partial charge >= 0.3 is 0 Å². The van der Waals surface area contributed by atoms with Gasteiger partial charge in [0.25, 0.3) is 0 Å². The second-order valence-corrected chi connectivity index (χ2v) is 20.2. The van der Waals surface area contributed by atoms with Crippen LogP contribution >= 0.6 is 0 Å². The Morgan fingerprint density at radius 3 is 0.883 bits per heavy atom. The second-order valence-electron chi connectivity index (χ2n) is 20.2. The zero-order valence-corrected chi connectivity index (χ0v) is 42.0. The van der Waals surface area contributed by atoms with E-state index in [1.165, 1.54) is 302 Å². The van der Waals surface area contributed by atoms with Gasteiger partial charge in [-0.3, -0.25) is 0 Å². The number of nitrogens with zero attached hydrogens (tertiary/aromatic N) is 2. The van der Waals surface area contributed by atoms with Gasteiger partial charge in [-0.25, -0.2) is 0 Å². The van der Waals surface area contributed by atoms with E-state index < -0.39 is 0 Å². The van der Waals surface area contributed by atoms with Crippen molar-refractivity contribution in [3.63, 3.8) is 0 Å². The molecule has 1 aliphatic rings. The largest absolute Gasteiger partial charge is 0.395 e. The van der Waals surface area contributed by atoms with Gasteiger partial charge in [0.15, 0.2) is 0 Å². The Balaban J connectivity index is 2.38. The molecule has 0 saturated heterocycles. The van der Waals surface area contributed by atoms with Crippen LogP contribution in [-0.4, -0.2) is 40.8 Å². The van der Waals surface area contributed by atoms with E-state index >= 15 is 0 Å². The standard InChI is InChI=1S/C57H114N2O/c1-4-7-10-13-16-19-22-25-26-27-28-31-34-37-40-43-49-57(59-52-51-58(55-59)53-54-60)50-45-44-48-56(46-41-38-35-32-29-23-20-17-14-11-8-5-2)47-42-39-36-33-30-24-21-18-15-12-9-6-3/h51-52,56-57,60H,4-50,53-55H2,1-3H3. The van der Waals surface area contributed by atoms with Crippen molar-refractivity contribution in [2.45, 2.75) is 329 Å². The Bertz CT molecular complexity index is 801. The minimum atomic E-state index is 0.252. The molecule has 1 rings (SSSR count). The van der Waals surface area contributed by atoms with E-state index in [9.17, 15) is 5.11 Å². The van der Waals surface area contributed by atoms with Gasteiger partial charge in [-0.2, -0.15) is 0 Å². The molecule has 0 amide bonds. The average Bonchev–Trinajstić information content (AvgIpc) is 3.73. The number of unbranched alkanes of at least 4 members (excludes halogenated alkanes) is 38. The second kappa shape index (κ2) is 47.8. The first kappa shape index (κ1) is 57.3. The maximum Gasteiger partial charge on any atom is 0.0897 e. The van der Waals surface area contributed by atoms with E-state index in [1.54, 1.807) is 0 Å². The van der Waals surface area contributed by atoms with Crippen molar-refractivity contribution < 1.29 is 5.11 Å². The molecule has 1 heterocycles. The lowest BCUT2D eigenvalue weighted by Gasteiger charge is -2.30. The molecular formula is C57H114N2O. The first-order chi connectivity index (χ1) is 29.7. The summed E-state index contributed by atoms with van der Waals surface area (Å²) >= 11 is 0. The van der Waals surface area contributed by atoms with Gasteiger partial charge in [-0.1, -0.05) is 310 Å². The fourth-order valence-corrected chi connectivity index (χ4v) is 10.2. The molecule has 0 aliphatic carbocycles. The van der Waals surface area contributed by atoms with Crippen LogP contribution in [0.5, 0.6) is 0 Å². The smallest absolute Gasteiger partial charge is 0.0897 e. The van der Waals surface area contributed by atoms with Gasteiger partial charge in [0.2, 0.25) is 0 Å². The number of aliphatic hydroxyl groups is 1. The highest BCUT2D eigenvalue weighted by atomic mass is 16.3. The van der Waals surface area contributed by atoms with Crippen LogP contribution < -0.4 is 0 Å². The van der Waals surface area contributed by atoms with E-state index in [-0.39, 0.29) is 6.61 Å². The van der Waals surface area contributed by atoms with E-state index in [0.717, 1.165) is 19.1 Å². The molecule has 1 aliphatic heterocycles. The summed E-state index contributed by atoms with van der Waals surface area (Å²) in [6.07, 6.45) is 72.6. The van der Waals surface area contributed by atoms with Crippen LogP contribution in [-0.2, 0) is 0 Å². The van der Waals surface area contributed by atoms with Gasteiger partial charge < -0.3 is 14.9 Å². The van der Waals surface area contributed by atoms with Crippen molar-refractivity contribution in [2.75, 3.05) is 19.8 Å². The van der Waals surface area contributed by atoms with Gasteiger partial charge in [0.05, 0.1) is 13.3 Å². The molecule has 0 bridgehead atoms. The highest BCUT2D eigenvalue weighted by molar-refractivity contribution is 4.94. The average molecular weight is 844 g/mol. The SMILES string of the molecule is CCCCCCCCCCCCCCCCCCC(CCCCC(CCCCCCCCCCCCCC)CCCCCCCCCCCCCC)N1C=CN(CCO)C1. The summed E-state index contributed by atoms with van der Waals surface area (Å²) in [6, 6.07) is 0.669. The topological polar surface area (TPSA) is 26.7 Å². The Kier molecular flexibility index (Phi) is 45.6. The van der Waals surface area contributed by atoms with Gasteiger partial charge in [0.1, 0.15) is 0 Å². The third kappa shape index (κ3) is 38.9. The van der Waals surface area contributed by atoms with Gasteiger partial charge in [-0.05, 0) is 18.8 Å².